The third-order valence-corrected chi connectivity index (χ3v) is 8.21. The van der Waals surface area contributed by atoms with Gasteiger partial charge in [-0.2, -0.15) is 4.31 Å². The third-order valence-electron chi connectivity index (χ3n) is 6.09. The van der Waals surface area contributed by atoms with Gasteiger partial charge in [0.05, 0.1) is 17.2 Å². The largest absolute Gasteiger partial charge is 0.390 e. The molecule has 3 aromatic rings. The van der Waals surface area contributed by atoms with Crippen molar-refractivity contribution in [2.24, 2.45) is 5.16 Å². The molecule has 0 fully saturated rings. The summed E-state index contributed by atoms with van der Waals surface area (Å²) in [5.41, 5.74) is 4.99. The van der Waals surface area contributed by atoms with E-state index in [2.05, 4.69) is 5.16 Å². The van der Waals surface area contributed by atoms with E-state index in [1.165, 1.54) is 10.4 Å². The van der Waals surface area contributed by atoms with E-state index in [1.807, 2.05) is 38.1 Å². The predicted molar refractivity (Wildman–Crippen MR) is 132 cm³/mol. The molecule has 0 amide bonds. The lowest BCUT2D eigenvalue weighted by Gasteiger charge is -2.26. The molecule has 1 aliphatic rings. The van der Waals surface area contributed by atoms with E-state index in [4.69, 9.17) is 4.84 Å². The van der Waals surface area contributed by atoms with Gasteiger partial charge in [-0.25, -0.2) is 17.2 Å². The van der Waals surface area contributed by atoms with E-state index in [0.29, 0.717) is 17.5 Å². The summed E-state index contributed by atoms with van der Waals surface area (Å²) in [6.07, 6.45) is -0.136. The average molecular weight is 499 g/mol. The van der Waals surface area contributed by atoms with E-state index < -0.39 is 27.8 Å². The van der Waals surface area contributed by atoms with Crippen LogP contribution in [0.25, 0.3) is 0 Å². The highest BCUT2D eigenvalue weighted by Crippen LogP contribution is 2.29. The quantitative estimate of drug-likeness (QED) is 0.427. The maximum atomic E-state index is 14.5. The van der Waals surface area contributed by atoms with Gasteiger partial charge in [-0.15, -0.1) is 0 Å². The van der Waals surface area contributed by atoms with Crippen LogP contribution in [0.3, 0.4) is 0 Å². The van der Waals surface area contributed by atoms with Crippen molar-refractivity contribution in [3.63, 3.8) is 0 Å². The van der Waals surface area contributed by atoms with E-state index in [1.54, 1.807) is 26.0 Å². The first-order valence-electron chi connectivity index (χ1n) is 11.4. The van der Waals surface area contributed by atoms with Gasteiger partial charge in [0, 0.05) is 24.6 Å². The zero-order chi connectivity index (χ0) is 25.3. The molecule has 1 unspecified atom stereocenters. The number of oxime groups is 1. The fourth-order valence-electron chi connectivity index (χ4n) is 4.46. The number of halogens is 2. The molecule has 0 saturated heterocycles. The summed E-state index contributed by atoms with van der Waals surface area (Å²) < 4.78 is 57.0. The van der Waals surface area contributed by atoms with Crippen LogP contribution in [0.4, 0.5) is 8.78 Å². The third kappa shape index (κ3) is 5.44. The molecule has 35 heavy (non-hydrogen) atoms. The summed E-state index contributed by atoms with van der Waals surface area (Å²) in [6.45, 7) is 7.08. The number of sulfonamides is 1. The van der Waals surface area contributed by atoms with Crippen LogP contribution in [-0.2, 0) is 21.4 Å². The van der Waals surface area contributed by atoms with Crippen LogP contribution in [0.5, 0.6) is 0 Å². The van der Waals surface area contributed by atoms with Crippen LogP contribution in [0, 0.1) is 39.3 Å². The van der Waals surface area contributed by atoms with Crippen molar-refractivity contribution in [2.75, 3.05) is 6.54 Å². The number of benzene rings is 3. The minimum absolute atomic E-state index is 0.0369. The normalized spacial score (nSPS) is 15.9. The molecule has 1 atom stereocenters. The number of nitrogens with zero attached hydrogens (tertiary/aromatic N) is 2. The van der Waals surface area contributed by atoms with Gasteiger partial charge in [0.1, 0.15) is 17.7 Å². The van der Waals surface area contributed by atoms with Gasteiger partial charge >= 0.3 is 0 Å². The summed E-state index contributed by atoms with van der Waals surface area (Å²) in [5, 5.41) is 4.18. The molecule has 8 heteroatoms. The second-order valence-electron chi connectivity index (χ2n) is 9.10. The van der Waals surface area contributed by atoms with Gasteiger partial charge in [0.15, 0.2) is 0 Å². The van der Waals surface area contributed by atoms with Crippen LogP contribution in [0.15, 0.2) is 64.6 Å². The molecule has 3 aromatic carbocycles. The Morgan fingerprint density at radius 1 is 0.943 bits per heavy atom. The van der Waals surface area contributed by atoms with Gasteiger partial charge in [-0.05, 0) is 50.5 Å². The number of hydrogen-bond acceptors (Lipinski definition) is 4. The number of rotatable bonds is 7. The SMILES string of the molecule is Cc1ccc(C2=NOC(CN(Cc3ccc(F)cc3F)S(=O)(=O)c3c(C)cc(C)cc3C)C2)cc1. The Morgan fingerprint density at radius 3 is 2.23 bits per heavy atom. The average Bonchev–Trinajstić information content (AvgIpc) is 3.23. The summed E-state index contributed by atoms with van der Waals surface area (Å²) in [4.78, 5) is 5.79. The first kappa shape index (κ1) is 25.0. The zero-order valence-corrected chi connectivity index (χ0v) is 21.0. The van der Waals surface area contributed by atoms with Crippen LogP contribution in [0.2, 0.25) is 0 Å². The van der Waals surface area contributed by atoms with Crippen molar-refractivity contribution in [1.29, 1.82) is 0 Å². The Kier molecular flexibility index (Phi) is 7.05. The van der Waals surface area contributed by atoms with E-state index in [-0.39, 0.29) is 23.5 Å². The molecule has 4 rings (SSSR count). The molecule has 1 aliphatic heterocycles. The van der Waals surface area contributed by atoms with Crippen molar-refractivity contribution in [3.8, 4) is 0 Å². The smallest absolute Gasteiger partial charge is 0.244 e. The van der Waals surface area contributed by atoms with Crippen molar-refractivity contribution in [2.45, 2.75) is 51.7 Å². The fourth-order valence-corrected chi connectivity index (χ4v) is 6.32. The summed E-state index contributed by atoms with van der Waals surface area (Å²) >= 11 is 0. The minimum Gasteiger partial charge on any atom is -0.390 e. The topological polar surface area (TPSA) is 59.0 Å². The molecule has 0 saturated carbocycles. The van der Waals surface area contributed by atoms with Crippen molar-refractivity contribution in [1.82, 2.24) is 4.31 Å². The van der Waals surface area contributed by atoms with Gasteiger partial charge < -0.3 is 4.84 Å². The predicted octanol–water partition coefficient (Wildman–Crippen LogP) is 5.58. The van der Waals surface area contributed by atoms with Crippen molar-refractivity contribution >= 4 is 15.7 Å². The van der Waals surface area contributed by atoms with E-state index in [9.17, 15) is 17.2 Å². The van der Waals surface area contributed by atoms with Crippen LogP contribution >= 0.6 is 0 Å². The molecule has 0 spiro atoms. The Balaban J connectivity index is 1.65. The molecular formula is C27H28F2N2O3S. The number of aryl methyl sites for hydroxylation is 4. The highest BCUT2D eigenvalue weighted by atomic mass is 32.2. The minimum atomic E-state index is -4.04. The van der Waals surface area contributed by atoms with Crippen LogP contribution in [-0.4, -0.2) is 31.1 Å². The lowest BCUT2D eigenvalue weighted by atomic mass is 10.0. The van der Waals surface area contributed by atoms with Gasteiger partial charge in [-0.1, -0.05) is 58.7 Å². The van der Waals surface area contributed by atoms with Crippen LogP contribution < -0.4 is 0 Å². The molecule has 0 N–H and O–H groups in total. The Hall–Kier alpha value is -3.10. The standard InChI is InChI=1S/C27H28F2N2O3S/c1-17-5-7-21(8-6-17)26-14-24(34-30-26)16-31(15-22-9-10-23(28)13-25(22)29)35(32,33)27-19(3)11-18(2)12-20(27)4/h5-13,24H,14-16H2,1-4H3. The summed E-state index contributed by atoms with van der Waals surface area (Å²) in [5.74, 6) is -1.52. The maximum absolute atomic E-state index is 14.5. The van der Waals surface area contributed by atoms with Gasteiger partial charge in [0.25, 0.3) is 0 Å². The second-order valence-corrected chi connectivity index (χ2v) is 11.0. The zero-order valence-electron chi connectivity index (χ0n) is 20.2. The van der Waals surface area contributed by atoms with E-state index in [0.717, 1.165) is 34.5 Å². The molecule has 184 valence electrons. The molecule has 0 aliphatic carbocycles. The molecule has 1 heterocycles. The fraction of sp³-hybridized carbons (Fsp3) is 0.296. The maximum Gasteiger partial charge on any atom is 0.244 e. The Labute approximate surface area is 205 Å². The molecule has 5 nitrogen and oxygen atoms in total. The lowest BCUT2D eigenvalue weighted by Crippen LogP contribution is -2.38. The Bertz CT molecular complexity index is 1360. The van der Waals surface area contributed by atoms with Gasteiger partial charge in [-0.3, -0.25) is 0 Å². The van der Waals surface area contributed by atoms with Gasteiger partial charge in [0.2, 0.25) is 10.0 Å². The lowest BCUT2D eigenvalue weighted by molar-refractivity contribution is 0.0692. The summed E-state index contributed by atoms with van der Waals surface area (Å²) in [7, 11) is -4.04. The highest BCUT2D eigenvalue weighted by Gasteiger charge is 2.34. The molecule has 0 bridgehead atoms. The molecular weight excluding hydrogens is 470 g/mol. The highest BCUT2D eigenvalue weighted by molar-refractivity contribution is 7.89. The first-order chi connectivity index (χ1) is 16.5. The Morgan fingerprint density at radius 2 is 1.60 bits per heavy atom. The molecule has 0 radical (unpaired) electrons. The van der Waals surface area contributed by atoms with Crippen molar-refractivity contribution in [3.05, 3.63) is 99.6 Å². The van der Waals surface area contributed by atoms with Crippen LogP contribution in [0.1, 0.15) is 39.8 Å². The molecule has 0 aromatic heterocycles. The number of hydrogen-bond donors (Lipinski definition) is 0. The van der Waals surface area contributed by atoms with Crippen molar-refractivity contribution < 1.29 is 22.0 Å². The summed E-state index contributed by atoms with van der Waals surface area (Å²) in [6, 6.07) is 14.6. The second kappa shape index (κ2) is 9.87. The first-order valence-corrected chi connectivity index (χ1v) is 12.8. The van der Waals surface area contributed by atoms with E-state index >= 15 is 0 Å². The monoisotopic (exact) mass is 498 g/mol.